The minimum Gasteiger partial charge on any atom is -0.208 e. The SMILES string of the molecule is Cc1cc(S(=O)(=O)NC2CCC(C)CC2)ccc1-n1cnnn1. The lowest BCUT2D eigenvalue weighted by molar-refractivity contribution is 0.332. The van der Waals surface area contributed by atoms with Crippen LogP contribution in [0.2, 0.25) is 0 Å². The zero-order chi connectivity index (χ0) is 16.4. The Labute approximate surface area is 136 Å². The van der Waals surface area contributed by atoms with Crippen LogP contribution >= 0.6 is 0 Å². The summed E-state index contributed by atoms with van der Waals surface area (Å²) in [7, 11) is -3.50. The number of sulfonamides is 1. The third kappa shape index (κ3) is 3.59. The second-order valence-electron chi connectivity index (χ2n) is 6.28. The molecule has 1 aliphatic carbocycles. The summed E-state index contributed by atoms with van der Waals surface area (Å²) in [4.78, 5) is 0.283. The Morgan fingerprint density at radius 2 is 1.96 bits per heavy atom. The Bertz CT molecular complexity index is 765. The van der Waals surface area contributed by atoms with Crippen LogP contribution < -0.4 is 4.72 Å². The molecule has 0 radical (unpaired) electrons. The highest BCUT2D eigenvalue weighted by Gasteiger charge is 2.24. The summed E-state index contributed by atoms with van der Waals surface area (Å²) < 4.78 is 29.5. The molecule has 1 aromatic carbocycles. The van der Waals surface area contributed by atoms with E-state index in [-0.39, 0.29) is 10.9 Å². The van der Waals surface area contributed by atoms with Crippen LogP contribution in [0.15, 0.2) is 29.4 Å². The fourth-order valence-corrected chi connectivity index (χ4v) is 4.38. The predicted octanol–water partition coefficient (Wildman–Crippen LogP) is 1.83. The average molecular weight is 335 g/mol. The van der Waals surface area contributed by atoms with E-state index in [2.05, 4.69) is 27.2 Å². The van der Waals surface area contributed by atoms with Gasteiger partial charge < -0.3 is 0 Å². The summed E-state index contributed by atoms with van der Waals surface area (Å²) in [5.74, 6) is 0.688. The molecule has 1 aromatic heterocycles. The third-order valence-corrected chi connectivity index (χ3v) is 5.93. The molecule has 23 heavy (non-hydrogen) atoms. The highest BCUT2D eigenvalue weighted by molar-refractivity contribution is 7.89. The number of aromatic nitrogens is 4. The molecule has 1 N–H and O–H groups in total. The van der Waals surface area contributed by atoms with E-state index in [0.29, 0.717) is 5.92 Å². The molecule has 124 valence electrons. The highest BCUT2D eigenvalue weighted by atomic mass is 32.2. The number of benzene rings is 1. The van der Waals surface area contributed by atoms with Gasteiger partial charge in [-0.25, -0.2) is 17.8 Å². The maximum absolute atomic E-state index is 12.6. The fraction of sp³-hybridized carbons (Fsp3) is 0.533. The van der Waals surface area contributed by atoms with Crippen molar-refractivity contribution in [2.24, 2.45) is 5.92 Å². The summed E-state index contributed by atoms with van der Waals surface area (Å²) >= 11 is 0. The molecule has 2 aromatic rings. The average Bonchev–Trinajstić information content (AvgIpc) is 3.03. The standard InChI is InChI=1S/C15H21N5O2S/c1-11-3-5-13(6-4-11)17-23(21,22)14-7-8-15(12(2)9-14)20-10-16-18-19-20/h7-11,13,17H,3-6H2,1-2H3. The molecule has 0 amide bonds. The molecule has 7 nitrogen and oxygen atoms in total. The number of aryl methyl sites for hydroxylation is 1. The minimum atomic E-state index is -3.50. The van der Waals surface area contributed by atoms with Gasteiger partial charge in [0.25, 0.3) is 0 Å². The number of hydrogen-bond donors (Lipinski definition) is 1. The lowest BCUT2D eigenvalue weighted by Gasteiger charge is -2.26. The second kappa shape index (κ2) is 6.37. The second-order valence-corrected chi connectivity index (χ2v) is 7.99. The molecule has 0 unspecified atom stereocenters. The van der Waals surface area contributed by atoms with Crippen molar-refractivity contribution in [2.45, 2.75) is 50.5 Å². The summed E-state index contributed by atoms with van der Waals surface area (Å²) in [5.41, 5.74) is 1.57. The van der Waals surface area contributed by atoms with Crippen molar-refractivity contribution < 1.29 is 8.42 Å². The Balaban J connectivity index is 1.79. The van der Waals surface area contributed by atoms with Crippen LogP contribution in [-0.2, 0) is 10.0 Å². The first-order valence-corrected chi connectivity index (χ1v) is 9.30. The van der Waals surface area contributed by atoms with E-state index in [1.165, 1.54) is 11.0 Å². The number of rotatable bonds is 4. The van der Waals surface area contributed by atoms with Gasteiger partial charge in [-0.2, -0.15) is 0 Å². The Morgan fingerprint density at radius 3 is 2.57 bits per heavy atom. The van der Waals surface area contributed by atoms with Crippen molar-refractivity contribution in [1.82, 2.24) is 24.9 Å². The molecule has 0 aliphatic heterocycles. The van der Waals surface area contributed by atoms with Gasteiger partial charge >= 0.3 is 0 Å². The zero-order valence-corrected chi connectivity index (χ0v) is 14.1. The number of nitrogens with one attached hydrogen (secondary N) is 1. The normalized spacial score (nSPS) is 22.2. The molecule has 1 heterocycles. The van der Waals surface area contributed by atoms with Gasteiger partial charge in [0.15, 0.2) is 0 Å². The van der Waals surface area contributed by atoms with Crippen molar-refractivity contribution in [1.29, 1.82) is 0 Å². The summed E-state index contributed by atoms with van der Waals surface area (Å²) in [6.45, 7) is 4.06. The summed E-state index contributed by atoms with van der Waals surface area (Å²) in [6.07, 6.45) is 5.44. The lowest BCUT2D eigenvalue weighted by atomic mass is 9.88. The van der Waals surface area contributed by atoms with Crippen molar-refractivity contribution in [3.05, 3.63) is 30.1 Å². The van der Waals surface area contributed by atoms with Gasteiger partial charge in [-0.15, -0.1) is 5.10 Å². The quantitative estimate of drug-likeness (QED) is 0.920. The molecule has 3 rings (SSSR count). The van der Waals surface area contributed by atoms with Gasteiger partial charge in [-0.3, -0.25) is 0 Å². The molecular formula is C15H21N5O2S. The van der Waals surface area contributed by atoms with Gasteiger partial charge in [-0.05, 0) is 72.7 Å². The van der Waals surface area contributed by atoms with Gasteiger partial charge in [0.2, 0.25) is 10.0 Å². The number of nitrogens with zero attached hydrogens (tertiary/aromatic N) is 4. The first-order valence-electron chi connectivity index (χ1n) is 7.82. The molecule has 1 aliphatic rings. The monoisotopic (exact) mass is 335 g/mol. The van der Waals surface area contributed by atoms with Crippen LogP contribution in [0.1, 0.15) is 38.2 Å². The van der Waals surface area contributed by atoms with E-state index < -0.39 is 10.0 Å². The van der Waals surface area contributed by atoms with Gasteiger partial charge in [0, 0.05) is 6.04 Å². The van der Waals surface area contributed by atoms with E-state index in [4.69, 9.17) is 0 Å². The fourth-order valence-electron chi connectivity index (χ4n) is 2.99. The van der Waals surface area contributed by atoms with Crippen LogP contribution in [0.3, 0.4) is 0 Å². The van der Waals surface area contributed by atoms with E-state index >= 15 is 0 Å². The molecule has 1 saturated carbocycles. The van der Waals surface area contributed by atoms with E-state index in [1.807, 2.05) is 6.92 Å². The van der Waals surface area contributed by atoms with Crippen LogP contribution in [0.5, 0.6) is 0 Å². The Kier molecular flexibility index (Phi) is 4.45. The van der Waals surface area contributed by atoms with E-state index in [1.54, 1.807) is 18.2 Å². The lowest BCUT2D eigenvalue weighted by Crippen LogP contribution is -2.37. The third-order valence-electron chi connectivity index (χ3n) is 4.41. The Morgan fingerprint density at radius 1 is 1.22 bits per heavy atom. The van der Waals surface area contributed by atoms with Crippen molar-refractivity contribution in [3.8, 4) is 5.69 Å². The predicted molar refractivity (Wildman–Crippen MR) is 85.6 cm³/mol. The molecular weight excluding hydrogens is 314 g/mol. The van der Waals surface area contributed by atoms with Crippen molar-refractivity contribution in [3.63, 3.8) is 0 Å². The first-order chi connectivity index (χ1) is 11.0. The topological polar surface area (TPSA) is 89.8 Å². The van der Waals surface area contributed by atoms with E-state index in [9.17, 15) is 8.42 Å². The molecule has 0 spiro atoms. The van der Waals surface area contributed by atoms with Gasteiger partial charge in [0.05, 0.1) is 10.6 Å². The molecule has 8 heteroatoms. The largest absolute Gasteiger partial charge is 0.240 e. The van der Waals surface area contributed by atoms with Crippen LogP contribution in [-0.4, -0.2) is 34.7 Å². The zero-order valence-electron chi connectivity index (χ0n) is 13.3. The Hall–Kier alpha value is -1.80. The number of hydrogen-bond acceptors (Lipinski definition) is 5. The molecule has 0 saturated heterocycles. The van der Waals surface area contributed by atoms with Gasteiger partial charge in [-0.1, -0.05) is 6.92 Å². The minimum absolute atomic E-state index is 0.0377. The van der Waals surface area contributed by atoms with Gasteiger partial charge in [0.1, 0.15) is 6.33 Å². The summed E-state index contributed by atoms with van der Waals surface area (Å²) in [6, 6.07) is 5.02. The van der Waals surface area contributed by atoms with Crippen LogP contribution in [0.4, 0.5) is 0 Å². The number of tetrazole rings is 1. The highest BCUT2D eigenvalue weighted by Crippen LogP contribution is 2.25. The maximum Gasteiger partial charge on any atom is 0.240 e. The maximum atomic E-state index is 12.6. The van der Waals surface area contributed by atoms with Crippen LogP contribution in [0, 0.1) is 12.8 Å². The van der Waals surface area contributed by atoms with Crippen molar-refractivity contribution >= 4 is 10.0 Å². The summed E-state index contributed by atoms with van der Waals surface area (Å²) in [5, 5.41) is 11.0. The smallest absolute Gasteiger partial charge is 0.208 e. The van der Waals surface area contributed by atoms with Crippen molar-refractivity contribution in [2.75, 3.05) is 0 Å². The first kappa shape index (κ1) is 16.1. The van der Waals surface area contributed by atoms with E-state index in [0.717, 1.165) is 36.9 Å². The molecule has 0 atom stereocenters. The van der Waals surface area contributed by atoms with Crippen LogP contribution in [0.25, 0.3) is 5.69 Å². The molecule has 1 fully saturated rings. The molecule has 0 bridgehead atoms.